The number of hydrogen-bond donors (Lipinski definition) is 4. The van der Waals surface area contributed by atoms with E-state index in [2.05, 4.69) is 28.1 Å². The van der Waals surface area contributed by atoms with Crippen LogP contribution in [-0.4, -0.2) is 67.4 Å². The van der Waals surface area contributed by atoms with Crippen molar-refractivity contribution in [3.63, 3.8) is 0 Å². The summed E-state index contributed by atoms with van der Waals surface area (Å²) < 4.78 is 10.9. The van der Waals surface area contributed by atoms with E-state index >= 15 is 0 Å². The summed E-state index contributed by atoms with van der Waals surface area (Å²) in [5, 5.41) is 17.1. The number of carbonyl (C=O) groups is 4. The van der Waals surface area contributed by atoms with Gasteiger partial charge in [-0.1, -0.05) is 60.7 Å². The molecule has 0 bridgehead atoms. The number of aliphatic hydroxyl groups excluding tert-OH is 1. The van der Waals surface area contributed by atoms with Crippen LogP contribution in [0.15, 0.2) is 60.7 Å². The minimum Gasteiger partial charge on any atom is -0.462 e. The summed E-state index contributed by atoms with van der Waals surface area (Å²) in [5.41, 5.74) is 4.43. The first-order valence-electron chi connectivity index (χ1n) is 14.0. The highest BCUT2D eigenvalue weighted by Crippen LogP contribution is 2.44. The predicted octanol–water partition coefficient (Wildman–Crippen LogP) is 2.80. The second-order valence-electron chi connectivity index (χ2n) is 10.3. The van der Waals surface area contributed by atoms with Crippen molar-refractivity contribution in [3.8, 4) is 11.1 Å². The van der Waals surface area contributed by atoms with Gasteiger partial charge in [0.25, 0.3) is 0 Å². The van der Waals surface area contributed by atoms with E-state index in [-0.39, 0.29) is 56.9 Å². The van der Waals surface area contributed by atoms with Crippen molar-refractivity contribution in [2.24, 2.45) is 5.92 Å². The van der Waals surface area contributed by atoms with Crippen molar-refractivity contribution in [2.45, 2.75) is 50.6 Å². The van der Waals surface area contributed by atoms with Crippen LogP contribution in [0.3, 0.4) is 0 Å². The van der Waals surface area contributed by atoms with Crippen molar-refractivity contribution in [2.75, 3.05) is 26.4 Å². The smallest absolute Gasteiger partial charge is 0.407 e. The maximum atomic E-state index is 12.8. The molecule has 41 heavy (non-hydrogen) atoms. The van der Waals surface area contributed by atoms with E-state index in [0.717, 1.165) is 22.3 Å². The van der Waals surface area contributed by atoms with Crippen LogP contribution >= 0.6 is 0 Å². The summed E-state index contributed by atoms with van der Waals surface area (Å²) in [6, 6.07) is 14.8. The molecule has 2 aliphatic rings. The van der Waals surface area contributed by atoms with Gasteiger partial charge < -0.3 is 30.5 Å². The largest absolute Gasteiger partial charge is 0.462 e. The van der Waals surface area contributed by atoms with Gasteiger partial charge in [0.1, 0.15) is 19.3 Å². The Morgan fingerprint density at radius 3 is 2.44 bits per heavy atom. The predicted molar refractivity (Wildman–Crippen MR) is 152 cm³/mol. The molecule has 0 fully saturated rings. The average molecular weight is 564 g/mol. The third kappa shape index (κ3) is 7.94. The molecule has 4 rings (SSSR count). The second-order valence-corrected chi connectivity index (χ2v) is 10.3. The number of nitrogens with one attached hydrogen (secondary N) is 3. The number of ether oxygens (including phenoxy) is 2. The topological polar surface area (TPSA) is 143 Å². The minimum absolute atomic E-state index is 0.0355. The first kappa shape index (κ1) is 29.8. The van der Waals surface area contributed by atoms with Crippen molar-refractivity contribution >= 4 is 23.9 Å². The van der Waals surface area contributed by atoms with E-state index in [0.29, 0.717) is 12.8 Å². The number of hydrogen-bond acceptors (Lipinski definition) is 7. The summed E-state index contributed by atoms with van der Waals surface area (Å²) >= 11 is 0. The molecule has 1 heterocycles. The fourth-order valence-electron chi connectivity index (χ4n) is 5.13. The van der Waals surface area contributed by atoms with Crippen LogP contribution in [0.25, 0.3) is 11.1 Å². The van der Waals surface area contributed by atoms with Crippen LogP contribution in [0, 0.1) is 5.92 Å². The van der Waals surface area contributed by atoms with Crippen LogP contribution in [0.1, 0.15) is 49.7 Å². The Morgan fingerprint density at radius 2 is 1.76 bits per heavy atom. The van der Waals surface area contributed by atoms with Crippen LogP contribution < -0.4 is 16.0 Å². The Bertz CT molecular complexity index is 1230. The Balaban J connectivity index is 1.33. The zero-order valence-corrected chi connectivity index (χ0v) is 23.1. The Kier molecular flexibility index (Phi) is 10.5. The van der Waals surface area contributed by atoms with E-state index in [9.17, 15) is 19.2 Å². The summed E-state index contributed by atoms with van der Waals surface area (Å²) in [4.78, 5) is 50.4. The van der Waals surface area contributed by atoms with E-state index in [1.54, 1.807) is 13.0 Å². The molecule has 3 amide bonds. The standard InChI is InChI=1S/C31H37N3O7/c1-20(18-35)33-28(36)17-21-9-3-2-4-14-27(30(38)40-16-15-32-29(21)37)34-31(39)41-19-26-24-12-7-5-10-22(24)23-11-6-8-13-25(23)26/h2-3,5-8,10-13,20-21,26-27,35H,4,9,14-19H2,1H3,(H,32,37)(H,33,36)(H,34,39)/t20-,21+,27-/m0/s1. The molecule has 218 valence electrons. The molecule has 0 spiro atoms. The molecule has 10 nitrogen and oxygen atoms in total. The molecular formula is C31H37N3O7. The summed E-state index contributed by atoms with van der Waals surface area (Å²) in [7, 11) is 0. The molecule has 10 heteroatoms. The number of allylic oxidation sites excluding steroid dienone is 2. The molecule has 1 aliphatic carbocycles. The second kappa shape index (κ2) is 14.5. The Labute approximate surface area is 239 Å². The number of amides is 3. The van der Waals surface area contributed by atoms with Gasteiger partial charge in [-0.25, -0.2) is 9.59 Å². The number of carbonyl (C=O) groups excluding carboxylic acids is 4. The lowest BCUT2D eigenvalue weighted by Gasteiger charge is -2.19. The number of alkyl carbamates (subject to hydrolysis) is 1. The molecule has 2 aromatic carbocycles. The van der Waals surface area contributed by atoms with Gasteiger partial charge in [0, 0.05) is 18.4 Å². The number of esters is 1. The maximum Gasteiger partial charge on any atom is 0.407 e. The summed E-state index contributed by atoms with van der Waals surface area (Å²) in [6.07, 6.45) is 3.90. The van der Waals surface area contributed by atoms with Gasteiger partial charge in [0.05, 0.1) is 19.1 Å². The van der Waals surface area contributed by atoms with Gasteiger partial charge in [-0.3, -0.25) is 9.59 Å². The average Bonchev–Trinajstić information content (AvgIpc) is 3.30. The SMILES string of the molecule is C[C@@H](CO)NC(=O)C[C@H]1CC=CCC[C@H](NC(=O)OCC2c3ccccc3-c3ccccc32)C(=O)OCCNC1=O. The first-order chi connectivity index (χ1) is 19.9. The molecule has 3 atom stereocenters. The van der Waals surface area contributed by atoms with Crippen LogP contribution in [0.2, 0.25) is 0 Å². The molecule has 0 saturated heterocycles. The van der Waals surface area contributed by atoms with Crippen LogP contribution in [0.5, 0.6) is 0 Å². The number of cyclic esters (lactones) is 1. The van der Waals surface area contributed by atoms with Crippen molar-refractivity contribution in [1.82, 2.24) is 16.0 Å². The molecule has 1 aliphatic heterocycles. The van der Waals surface area contributed by atoms with Gasteiger partial charge in [-0.15, -0.1) is 0 Å². The molecular weight excluding hydrogens is 526 g/mol. The monoisotopic (exact) mass is 563 g/mol. The van der Waals surface area contributed by atoms with Crippen molar-refractivity contribution < 1.29 is 33.8 Å². The van der Waals surface area contributed by atoms with Crippen LogP contribution in [-0.2, 0) is 23.9 Å². The number of fused-ring (bicyclic) bond motifs is 3. The molecule has 4 N–H and O–H groups in total. The number of rotatable bonds is 7. The zero-order chi connectivity index (χ0) is 29.2. The lowest BCUT2D eigenvalue weighted by molar-refractivity contribution is -0.146. The molecule has 0 radical (unpaired) electrons. The highest BCUT2D eigenvalue weighted by Gasteiger charge is 2.30. The van der Waals surface area contributed by atoms with Gasteiger partial charge >= 0.3 is 12.1 Å². The lowest BCUT2D eigenvalue weighted by atomic mass is 9.98. The van der Waals surface area contributed by atoms with E-state index in [1.165, 1.54) is 0 Å². The van der Waals surface area contributed by atoms with Gasteiger partial charge in [-0.2, -0.15) is 0 Å². The number of aliphatic hydroxyl groups is 1. The van der Waals surface area contributed by atoms with Gasteiger partial charge in [0.15, 0.2) is 0 Å². The molecule has 0 aromatic heterocycles. The maximum absolute atomic E-state index is 12.8. The van der Waals surface area contributed by atoms with E-state index < -0.39 is 30.1 Å². The third-order valence-corrected chi connectivity index (χ3v) is 7.26. The Morgan fingerprint density at radius 1 is 1.07 bits per heavy atom. The third-order valence-electron chi connectivity index (χ3n) is 7.26. The minimum atomic E-state index is -0.923. The molecule has 0 unspecified atom stereocenters. The summed E-state index contributed by atoms with van der Waals surface area (Å²) in [6.45, 7) is 1.58. The highest BCUT2D eigenvalue weighted by molar-refractivity contribution is 5.86. The number of benzene rings is 2. The van der Waals surface area contributed by atoms with Crippen molar-refractivity contribution in [3.05, 3.63) is 71.8 Å². The highest BCUT2D eigenvalue weighted by atomic mass is 16.6. The molecule has 2 aromatic rings. The summed E-state index contributed by atoms with van der Waals surface area (Å²) in [5.74, 6) is -1.99. The fraction of sp³-hybridized carbons (Fsp3) is 0.419. The first-order valence-corrected chi connectivity index (χ1v) is 14.0. The Hall–Kier alpha value is -4.18. The lowest BCUT2D eigenvalue weighted by Crippen LogP contribution is -2.43. The fourth-order valence-corrected chi connectivity index (χ4v) is 5.13. The van der Waals surface area contributed by atoms with E-state index in [1.807, 2.05) is 42.5 Å². The molecule has 0 saturated carbocycles. The van der Waals surface area contributed by atoms with Crippen LogP contribution in [0.4, 0.5) is 4.79 Å². The van der Waals surface area contributed by atoms with Gasteiger partial charge in [0.2, 0.25) is 11.8 Å². The van der Waals surface area contributed by atoms with Crippen molar-refractivity contribution in [1.29, 1.82) is 0 Å². The normalized spacial score (nSPS) is 20.1. The van der Waals surface area contributed by atoms with Gasteiger partial charge in [-0.05, 0) is 48.4 Å². The zero-order valence-electron chi connectivity index (χ0n) is 23.1. The quantitative estimate of drug-likeness (QED) is 0.300. The van der Waals surface area contributed by atoms with E-state index in [4.69, 9.17) is 14.6 Å².